The van der Waals surface area contributed by atoms with Crippen molar-refractivity contribution < 1.29 is 0 Å². The van der Waals surface area contributed by atoms with E-state index in [1.165, 1.54) is 44.1 Å². The number of aryl methyl sites for hydroxylation is 1. The van der Waals surface area contributed by atoms with Crippen molar-refractivity contribution in [1.82, 2.24) is 15.1 Å². The molecule has 3 heteroatoms. The van der Waals surface area contributed by atoms with E-state index in [4.69, 9.17) is 0 Å². The predicted molar refractivity (Wildman–Crippen MR) is 84.7 cm³/mol. The zero-order chi connectivity index (χ0) is 14.4. The SMILES string of the molecule is CCCC1CCC(C(NCC)c2cnn(CC)c2)CC1. The van der Waals surface area contributed by atoms with Gasteiger partial charge in [-0.25, -0.2) is 0 Å². The summed E-state index contributed by atoms with van der Waals surface area (Å²) in [4.78, 5) is 0. The van der Waals surface area contributed by atoms with Gasteiger partial charge >= 0.3 is 0 Å². The third kappa shape index (κ3) is 3.85. The average Bonchev–Trinajstić information content (AvgIpc) is 2.95. The third-order valence-electron chi connectivity index (χ3n) is 4.82. The highest BCUT2D eigenvalue weighted by Gasteiger charge is 2.28. The number of aromatic nitrogens is 2. The molecule has 0 aliphatic heterocycles. The Morgan fingerprint density at radius 1 is 1.25 bits per heavy atom. The molecule has 1 aromatic rings. The van der Waals surface area contributed by atoms with Gasteiger partial charge in [0.1, 0.15) is 0 Å². The monoisotopic (exact) mass is 277 g/mol. The second-order valence-electron chi connectivity index (χ2n) is 6.23. The van der Waals surface area contributed by atoms with E-state index < -0.39 is 0 Å². The average molecular weight is 277 g/mol. The standard InChI is InChI=1S/C17H31N3/c1-4-7-14-8-10-15(11-9-14)17(18-5-2)16-12-19-20(6-3)13-16/h12-15,17-18H,4-11H2,1-3H3. The van der Waals surface area contributed by atoms with E-state index in [-0.39, 0.29) is 0 Å². The Labute approximate surface area is 124 Å². The van der Waals surface area contributed by atoms with Crippen molar-refractivity contribution in [2.24, 2.45) is 11.8 Å². The molecule has 0 amide bonds. The quantitative estimate of drug-likeness (QED) is 0.811. The van der Waals surface area contributed by atoms with Crippen LogP contribution in [-0.4, -0.2) is 16.3 Å². The first-order chi connectivity index (χ1) is 9.78. The minimum absolute atomic E-state index is 0.503. The maximum absolute atomic E-state index is 4.45. The van der Waals surface area contributed by atoms with Crippen LogP contribution >= 0.6 is 0 Å². The lowest BCUT2D eigenvalue weighted by atomic mass is 9.76. The molecule has 1 N–H and O–H groups in total. The van der Waals surface area contributed by atoms with Gasteiger partial charge in [0.25, 0.3) is 0 Å². The molecule has 0 saturated heterocycles. The van der Waals surface area contributed by atoms with Gasteiger partial charge in [0, 0.05) is 24.3 Å². The lowest BCUT2D eigenvalue weighted by molar-refractivity contribution is 0.215. The van der Waals surface area contributed by atoms with Gasteiger partial charge in [0.15, 0.2) is 0 Å². The van der Waals surface area contributed by atoms with E-state index >= 15 is 0 Å². The molecule has 2 rings (SSSR count). The van der Waals surface area contributed by atoms with Gasteiger partial charge in [-0.1, -0.05) is 39.5 Å². The fourth-order valence-corrected chi connectivity index (χ4v) is 3.71. The van der Waals surface area contributed by atoms with Crippen molar-refractivity contribution in [2.75, 3.05) is 6.54 Å². The Balaban J connectivity index is 1.98. The van der Waals surface area contributed by atoms with Gasteiger partial charge < -0.3 is 5.32 Å². The lowest BCUT2D eigenvalue weighted by Gasteiger charge is -2.34. The van der Waals surface area contributed by atoms with Crippen LogP contribution in [0.4, 0.5) is 0 Å². The summed E-state index contributed by atoms with van der Waals surface area (Å²) in [7, 11) is 0. The molecule has 3 nitrogen and oxygen atoms in total. The number of rotatable bonds is 7. The van der Waals surface area contributed by atoms with Crippen LogP contribution in [0.5, 0.6) is 0 Å². The van der Waals surface area contributed by atoms with Crippen LogP contribution in [0.2, 0.25) is 0 Å². The van der Waals surface area contributed by atoms with Crippen molar-refractivity contribution in [3.8, 4) is 0 Å². The summed E-state index contributed by atoms with van der Waals surface area (Å²) in [6.45, 7) is 8.67. The second kappa shape index (κ2) is 7.82. The Kier molecular flexibility index (Phi) is 6.08. The summed E-state index contributed by atoms with van der Waals surface area (Å²) in [5, 5.41) is 8.15. The Morgan fingerprint density at radius 2 is 2.00 bits per heavy atom. The number of nitrogens with zero attached hydrogens (tertiary/aromatic N) is 2. The molecule has 0 aromatic carbocycles. The fraction of sp³-hybridized carbons (Fsp3) is 0.824. The highest BCUT2D eigenvalue weighted by Crippen LogP contribution is 2.38. The molecule has 0 spiro atoms. The smallest absolute Gasteiger partial charge is 0.0537 e. The number of hydrogen-bond acceptors (Lipinski definition) is 2. The molecule has 0 radical (unpaired) electrons. The Bertz CT molecular complexity index is 377. The molecule has 0 bridgehead atoms. The normalized spacial score (nSPS) is 24.8. The Morgan fingerprint density at radius 3 is 2.55 bits per heavy atom. The molecule has 114 valence electrons. The van der Waals surface area contributed by atoms with Gasteiger partial charge in [0.05, 0.1) is 6.20 Å². The number of nitrogens with one attached hydrogen (secondary N) is 1. The van der Waals surface area contributed by atoms with Crippen molar-refractivity contribution in [3.63, 3.8) is 0 Å². The molecule has 1 saturated carbocycles. The largest absolute Gasteiger partial charge is 0.310 e. The second-order valence-corrected chi connectivity index (χ2v) is 6.23. The maximum Gasteiger partial charge on any atom is 0.0537 e. The van der Waals surface area contributed by atoms with Gasteiger partial charge in [-0.15, -0.1) is 0 Å². The molecule has 1 heterocycles. The summed E-state index contributed by atoms with van der Waals surface area (Å²) in [5.74, 6) is 1.77. The molecule has 1 unspecified atom stereocenters. The van der Waals surface area contributed by atoms with Crippen LogP contribution in [0.15, 0.2) is 12.4 Å². The summed E-state index contributed by atoms with van der Waals surface area (Å²) < 4.78 is 2.04. The molecule has 1 fully saturated rings. The zero-order valence-electron chi connectivity index (χ0n) is 13.4. The minimum Gasteiger partial charge on any atom is -0.310 e. The molecule has 1 aliphatic rings. The van der Waals surface area contributed by atoms with Crippen LogP contribution in [0.25, 0.3) is 0 Å². The van der Waals surface area contributed by atoms with E-state index in [0.29, 0.717) is 6.04 Å². The van der Waals surface area contributed by atoms with E-state index in [1.54, 1.807) is 0 Å². The molecular weight excluding hydrogens is 246 g/mol. The van der Waals surface area contributed by atoms with Crippen molar-refractivity contribution in [2.45, 2.75) is 71.9 Å². The van der Waals surface area contributed by atoms with Crippen LogP contribution in [0.3, 0.4) is 0 Å². The molecular formula is C17H31N3. The first-order valence-electron chi connectivity index (χ1n) is 8.54. The predicted octanol–water partition coefficient (Wildman–Crippen LogP) is 4.16. The summed E-state index contributed by atoms with van der Waals surface area (Å²) in [6.07, 6.45) is 12.6. The minimum atomic E-state index is 0.503. The van der Waals surface area contributed by atoms with E-state index in [9.17, 15) is 0 Å². The summed E-state index contributed by atoms with van der Waals surface area (Å²) >= 11 is 0. The topological polar surface area (TPSA) is 29.9 Å². The molecule has 1 aliphatic carbocycles. The van der Waals surface area contributed by atoms with Crippen LogP contribution in [0, 0.1) is 11.8 Å². The third-order valence-corrected chi connectivity index (χ3v) is 4.82. The van der Waals surface area contributed by atoms with Crippen LogP contribution in [-0.2, 0) is 6.54 Å². The van der Waals surface area contributed by atoms with Gasteiger partial charge in [-0.3, -0.25) is 4.68 Å². The highest BCUT2D eigenvalue weighted by atomic mass is 15.3. The van der Waals surface area contributed by atoms with Crippen LogP contribution in [0.1, 0.15) is 70.9 Å². The molecule has 1 aromatic heterocycles. The number of hydrogen-bond donors (Lipinski definition) is 1. The van der Waals surface area contributed by atoms with E-state index in [1.807, 2.05) is 4.68 Å². The van der Waals surface area contributed by atoms with Gasteiger partial charge in [-0.05, 0) is 38.1 Å². The first-order valence-corrected chi connectivity index (χ1v) is 8.54. The fourth-order valence-electron chi connectivity index (χ4n) is 3.71. The van der Waals surface area contributed by atoms with Gasteiger partial charge in [0.2, 0.25) is 0 Å². The lowest BCUT2D eigenvalue weighted by Crippen LogP contribution is -2.30. The van der Waals surface area contributed by atoms with Crippen molar-refractivity contribution in [3.05, 3.63) is 18.0 Å². The van der Waals surface area contributed by atoms with Crippen molar-refractivity contribution in [1.29, 1.82) is 0 Å². The summed E-state index contributed by atoms with van der Waals surface area (Å²) in [6, 6.07) is 0.503. The molecule has 20 heavy (non-hydrogen) atoms. The van der Waals surface area contributed by atoms with Crippen molar-refractivity contribution >= 4 is 0 Å². The van der Waals surface area contributed by atoms with Gasteiger partial charge in [-0.2, -0.15) is 5.10 Å². The zero-order valence-corrected chi connectivity index (χ0v) is 13.4. The van der Waals surface area contributed by atoms with E-state index in [0.717, 1.165) is 24.9 Å². The van der Waals surface area contributed by atoms with E-state index in [2.05, 4.69) is 43.6 Å². The maximum atomic E-state index is 4.45. The molecule has 1 atom stereocenters. The summed E-state index contributed by atoms with van der Waals surface area (Å²) in [5.41, 5.74) is 1.38. The Hall–Kier alpha value is -0.830. The first kappa shape index (κ1) is 15.6. The highest BCUT2D eigenvalue weighted by molar-refractivity contribution is 5.12. The van der Waals surface area contributed by atoms with Crippen LogP contribution < -0.4 is 5.32 Å².